The summed E-state index contributed by atoms with van der Waals surface area (Å²) in [6.45, 7) is 0. The molecule has 0 aromatic carbocycles. The van der Waals surface area contributed by atoms with Crippen molar-refractivity contribution >= 4 is 0 Å². The predicted octanol–water partition coefficient (Wildman–Crippen LogP) is 1.83. The molecule has 1 saturated carbocycles. The Morgan fingerprint density at radius 2 is 1.94 bits per heavy atom. The predicted molar refractivity (Wildman–Crippen MR) is 61.7 cm³/mol. The molecule has 0 amide bonds. The molecule has 4 nitrogen and oxygen atoms in total. The SMILES string of the molecule is COc1cc(OC)c(C2(N)CCCC2)cn1. The number of nitrogens with two attached hydrogens (primary N) is 1. The van der Waals surface area contributed by atoms with E-state index in [9.17, 15) is 0 Å². The molecule has 1 aromatic rings. The van der Waals surface area contributed by atoms with Gasteiger partial charge < -0.3 is 15.2 Å². The standard InChI is InChI=1S/C12H18N2O2/c1-15-10-7-11(16-2)14-8-9(10)12(13)5-3-4-6-12/h7-8H,3-6,13H2,1-2H3. The summed E-state index contributed by atoms with van der Waals surface area (Å²) in [6, 6.07) is 1.79. The number of aromatic nitrogens is 1. The highest BCUT2D eigenvalue weighted by molar-refractivity contribution is 5.40. The van der Waals surface area contributed by atoms with Crippen LogP contribution >= 0.6 is 0 Å². The Morgan fingerprint density at radius 1 is 1.25 bits per heavy atom. The van der Waals surface area contributed by atoms with Crippen LogP contribution in [0.4, 0.5) is 0 Å². The molecule has 16 heavy (non-hydrogen) atoms. The highest BCUT2D eigenvalue weighted by Crippen LogP contribution is 2.40. The van der Waals surface area contributed by atoms with Crippen molar-refractivity contribution in [1.29, 1.82) is 0 Å². The van der Waals surface area contributed by atoms with Crippen LogP contribution in [0.5, 0.6) is 11.6 Å². The van der Waals surface area contributed by atoms with Crippen molar-refractivity contribution in [3.63, 3.8) is 0 Å². The fourth-order valence-electron chi connectivity index (χ4n) is 2.35. The van der Waals surface area contributed by atoms with Crippen LogP contribution in [0.15, 0.2) is 12.3 Å². The summed E-state index contributed by atoms with van der Waals surface area (Å²) in [5.74, 6) is 1.33. The lowest BCUT2D eigenvalue weighted by Gasteiger charge is -2.25. The third kappa shape index (κ3) is 1.85. The number of pyridine rings is 1. The molecule has 0 spiro atoms. The van der Waals surface area contributed by atoms with E-state index in [0.717, 1.165) is 24.2 Å². The van der Waals surface area contributed by atoms with Crippen molar-refractivity contribution in [2.24, 2.45) is 5.73 Å². The maximum atomic E-state index is 6.39. The van der Waals surface area contributed by atoms with E-state index in [1.807, 2.05) is 0 Å². The summed E-state index contributed by atoms with van der Waals surface area (Å²) in [6.07, 6.45) is 6.12. The lowest BCUT2D eigenvalue weighted by Crippen LogP contribution is -2.33. The minimum atomic E-state index is -0.273. The number of hydrogen-bond donors (Lipinski definition) is 1. The summed E-state index contributed by atoms with van der Waals surface area (Å²) >= 11 is 0. The fraction of sp³-hybridized carbons (Fsp3) is 0.583. The lowest BCUT2D eigenvalue weighted by molar-refractivity contribution is 0.361. The van der Waals surface area contributed by atoms with Gasteiger partial charge in [0.25, 0.3) is 0 Å². The third-order valence-electron chi connectivity index (χ3n) is 3.30. The van der Waals surface area contributed by atoms with E-state index in [0.29, 0.717) is 5.88 Å². The average molecular weight is 222 g/mol. The molecule has 2 rings (SSSR count). The summed E-state index contributed by atoms with van der Waals surface area (Å²) in [4.78, 5) is 4.21. The van der Waals surface area contributed by atoms with Crippen LogP contribution in [0.2, 0.25) is 0 Å². The highest BCUT2D eigenvalue weighted by Gasteiger charge is 2.34. The van der Waals surface area contributed by atoms with Crippen molar-refractivity contribution < 1.29 is 9.47 Å². The molecule has 1 aliphatic rings. The summed E-state index contributed by atoms with van der Waals surface area (Å²) < 4.78 is 10.4. The second kappa shape index (κ2) is 4.29. The Labute approximate surface area is 95.8 Å². The summed E-state index contributed by atoms with van der Waals surface area (Å²) in [5, 5.41) is 0. The first-order chi connectivity index (χ1) is 7.69. The van der Waals surface area contributed by atoms with Gasteiger partial charge in [-0.05, 0) is 12.8 Å². The molecule has 0 unspecified atom stereocenters. The molecule has 88 valence electrons. The first-order valence-electron chi connectivity index (χ1n) is 5.57. The number of ether oxygens (including phenoxy) is 2. The van der Waals surface area contributed by atoms with Crippen LogP contribution in [0, 0.1) is 0 Å². The van der Waals surface area contributed by atoms with E-state index in [1.165, 1.54) is 12.8 Å². The Kier molecular flexibility index (Phi) is 3.01. The van der Waals surface area contributed by atoms with Crippen LogP contribution in [0.25, 0.3) is 0 Å². The molecule has 0 radical (unpaired) electrons. The van der Waals surface area contributed by atoms with Crippen molar-refractivity contribution in [2.75, 3.05) is 14.2 Å². The molecular formula is C12H18N2O2. The topological polar surface area (TPSA) is 57.4 Å². The van der Waals surface area contributed by atoms with E-state index in [2.05, 4.69) is 4.98 Å². The van der Waals surface area contributed by atoms with Gasteiger partial charge in [0.05, 0.1) is 14.2 Å². The second-order valence-electron chi connectivity index (χ2n) is 4.29. The van der Waals surface area contributed by atoms with Crippen LogP contribution in [-0.2, 0) is 5.54 Å². The molecule has 2 N–H and O–H groups in total. The second-order valence-corrected chi connectivity index (χ2v) is 4.29. The summed E-state index contributed by atoms with van der Waals surface area (Å²) in [7, 11) is 3.24. The Bertz CT molecular complexity index is 373. The van der Waals surface area contributed by atoms with Crippen molar-refractivity contribution in [1.82, 2.24) is 4.98 Å². The largest absolute Gasteiger partial charge is 0.496 e. The average Bonchev–Trinajstić information content (AvgIpc) is 2.76. The van der Waals surface area contributed by atoms with Gasteiger partial charge in [0.2, 0.25) is 5.88 Å². The molecule has 0 aliphatic heterocycles. The first-order valence-corrected chi connectivity index (χ1v) is 5.57. The molecular weight excluding hydrogens is 204 g/mol. The van der Waals surface area contributed by atoms with Gasteiger partial charge in [0.1, 0.15) is 5.75 Å². The summed E-state index contributed by atoms with van der Waals surface area (Å²) in [5.41, 5.74) is 7.11. The molecule has 0 bridgehead atoms. The zero-order valence-corrected chi connectivity index (χ0v) is 9.82. The maximum absolute atomic E-state index is 6.39. The van der Waals surface area contributed by atoms with Crippen LogP contribution in [0.1, 0.15) is 31.2 Å². The maximum Gasteiger partial charge on any atom is 0.216 e. The minimum absolute atomic E-state index is 0.273. The van der Waals surface area contributed by atoms with E-state index < -0.39 is 0 Å². The molecule has 1 heterocycles. The number of methoxy groups -OCH3 is 2. The van der Waals surface area contributed by atoms with Crippen LogP contribution < -0.4 is 15.2 Å². The Hall–Kier alpha value is -1.29. The van der Waals surface area contributed by atoms with E-state index in [-0.39, 0.29) is 5.54 Å². The molecule has 4 heteroatoms. The Balaban J connectivity index is 2.39. The fourth-order valence-corrected chi connectivity index (χ4v) is 2.35. The molecule has 1 fully saturated rings. The van der Waals surface area contributed by atoms with Crippen LogP contribution in [-0.4, -0.2) is 19.2 Å². The lowest BCUT2D eigenvalue weighted by atomic mass is 9.90. The van der Waals surface area contributed by atoms with E-state index in [1.54, 1.807) is 26.5 Å². The molecule has 1 aromatic heterocycles. The quantitative estimate of drug-likeness (QED) is 0.847. The number of hydrogen-bond acceptors (Lipinski definition) is 4. The van der Waals surface area contributed by atoms with Gasteiger partial charge in [-0.1, -0.05) is 12.8 Å². The zero-order valence-electron chi connectivity index (χ0n) is 9.82. The number of nitrogens with zero attached hydrogens (tertiary/aromatic N) is 1. The Morgan fingerprint density at radius 3 is 2.50 bits per heavy atom. The van der Waals surface area contributed by atoms with E-state index >= 15 is 0 Å². The van der Waals surface area contributed by atoms with Crippen molar-refractivity contribution in [3.8, 4) is 11.6 Å². The van der Waals surface area contributed by atoms with E-state index in [4.69, 9.17) is 15.2 Å². The number of rotatable bonds is 3. The van der Waals surface area contributed by atoms with Gasteiger partial charge in [-0.25, -0.2) is 4.98 Å². The third-order valence-corrected chi connectivity index (χ3v) is 3.30. The molecule has 0 saturated heterocycles. The van der Waals surface area contributed by atoms with Gasteiger partial charge >= 0.3 is 0 Å². The van der Waals surface area contributed by atoms with Gasteiger partial charge in [0.15, 0.2) is 0 Å². The highest BCUT2D eigenvalue weighted by atomic mass is 16.5. The molecule has 0 atom stereocenters. The van der Waals surface area contributed by atoms with Crippen LogP contribution in [0.3, 0.4) is 0 Å². The smallest absolute Gasteiger partial charge is 0.216 e. The van der Waals surface area contributed by atoms with Gasteiger partial charge in [-0.3, -0.25) is 0 Å². The first kappa shape index (κ1) is 11.2. The van der Waals surface area contributed by atoms with Gasteiger partial charge in [0, 0.05) is 23.4 Å². The minimum Gasteiger partial charge on any atom is -0.496 e. The molecule has 1 aliphatic carbocycles. The van der Waals surface area contributed by atoms with Crippen molar-refractivity contribution in [3.05, 3.63) is 17.8 Å². The van der Waals surface area contributed by atoms with Crippen molar-refractivity contribution in [2.45, 2.75) is 31.2 Å². The normalized spacial score (nSPS) is 18.4. The van der Waals surface area contributed by atoms with Gasteiger partial charge in [-0.15, -0.1) is 0 Å². The van der Waals surface area contributed by atoms with Gasteiger partial charge in [-0.2, -0.15) is 0 Å². The zero-order chi connectivity index (χ0) is 11.6. The monoisotopic (exact) mass is 222 g/mol.